The zero-order valence-corrected chi connectivity index (χ0v) is 19.3. The van der Waals surface area contributed by atoms with E-state index in [0.717, 1.165) is 35.1 Å². The molecule has 0 fully saturated rings. The highest BCUT2D eigenvalue weighted by molar-refractivity contribution is 5.82. The topological polar surface area (TPSA) is 47.6 Å². The predicted octanol–water partition coefficient (Wildman–Crippen LogP) is 8.23. The molecule has 3 rings (SSSR count). The summed E-state index contributed by atoms with van der Waals surface area (Å²) < 4.78 is 0. The molecule has 2 heteroatoms. The van der Waals surface area contributed by atoms with Crippen LogP contribution in [-0.4, -0.2) is 0 Å². The lowest BCUT2D eigenvalue weighted by Gasteiger charge is -2.12. The minimum absolute atomic E-state index is 0.454. The van der Waals surface area contributed by atoms with Crippen molar-refractivity contribution in [1.82, 2.24) is 0 Å². The van der Waals surface area contributed by atoms with Gasteiger partial charge in [0.1, 0.15) is 12.1 Å². The van der Waals surface area contributed by atoms with Crippen LogP contribution < -0.4 is 0 Å². The predicted molar refractivity (Wildman–Crippen MR) is 133 cm³/mol. The summed E-state index contributed by atoms with van der Waals surface area (Å²) in [6, 6.07) is 25.4. The molecule has 0 saturated carbocycles. The lowest BCUT2D eigenvalue weighted by molar-refractivity contribution is 0.667. The third-order valence-electron chi connectivity index (χ3n) is 6.10. The van der Waals surface area contributed by atoms with Crippen LogP contribution in [-0.2, 0) is 12.8 Å². The molecule has 32 heavy (non-hydrogen) atoms. The van der Waals surface area contributed by atoms with Gasteiger partial charge in [-0.05, 0) is 47.9 Å². The molecule has 3 aromatic rings. The highest BCUT2D eigenvalue weighted by atomic mass is 14.3. The Bertz CT molecular complexity index is 1090. The first-order valence-electron chi connectivity index (χ1n) is 11.9. The maximum atomic E-state index is 9.92. The maximum Gasteiger partial charge on any atom is 0.101 e. The highest BCUT2D eigenvalue weighted by Crippen LogP contribution is 2.33. The van der Waals surface area contributed by atoms with Crippen LogP contribution in [0.2, 0.25) is 0 Å². The van der Waals surface area contributed by atoms with E-state index < -0.39 is 0 Å². The van der Waals surface area contributed by atoms with Crippen molar-refractivity contribution in [3.8, 4) is 34.4 Å². The third kappa shape index (κ3) is 5.66. The van der Waals surface area contributed by atoms with Gasteiger partial charge in [0.25, 0.3) is 0 Å². The molecule has 0 aromatic heterocycles. The van der Waals surface area contributed by atoms with Gasteiger partial charge in [-0.3, -0.25) is 0 Å². The minimum atomic E-state index is 0.454. The largest absolute Gasteiger partial charge is 0.192 e. The molecule has 0 bridgehead atoms. The lowest BCUT2D eigenvalue weighted by Crippen LogP contribution is -1.95. The smallest absolute Gasteiger partial charge is 0.101 e. The quantitative estimate of drug-likeness (QED) is 0.310. The van der Waals surface area contributed by atoms with Crippen LogP contribution in [0.15, 0.2) is 60.7 Å². The van der Waals surface area contributed by atoms with Gasteiger partial charge in [-0.15, -0.1) is 0 Å². The Kier molecular flexibility index (Phi) is 8.65. The molecule has 0 atom stereocenters. The van der Waals surface area contributed by atoms with Gasteiger partial charge < -0.3 is 0 Å². The zero-order valence-electron chi connectivity index (χ0n) is 19.3. The van der Waals surface area contributed by atoms with Gasteiger partial charge in [-0.2, -0.15) is 10.5 Å². The molecule has 0 spiro atoms. The van der Waals surface area contributed by atoms with Gasteiger partial charge in [0.15, 0.2) is 0 Å². The number of hydrogen-bond acceptors (Lipinski definition) is 2. The molecule has 2 nitrogen and oxygen atoms in total. The van der Waals surface area contributed by atoms with E-state index in [2.05, 4.69) is 74.5 Å². The van der Waals surface area contributed by atoms with Gasteiger partial charge in [-0.1, -0.05) is 100 Å². The number of hydrogen-bond donors (Lipinski definition) is 0. The van der Waals surface area contributed by atoms with Crippen LogP contribution in [0.3, 0.4) is 0 Å². The Morgan fingerprint density at radius 2 is 0.969 bits per heavy atom. The molecule has 0 amide bonds. The number of unbranched alkanes of at least 4 members (excludes halogenated alkanes) is 4. The van der Waals surface area contributed by atoms with E-state index in [9.17, 15) is 10.5 Å². The van der Waals surface area contributed by atoms with Crippen LogP contribution >= 0.6 is 0 Å². The van der Waals surface area contributed by atoms with Crippen LogP contribution in [0.1, 0.15) is 74.6 Å². The highest BCUT2D eigenvalue weighted by Gasteiger charge is 2.16. The summed E-state index contributed by atoms with van der Waals surface area (Å²) >= 11 is 0. The number of nitriles is 2. The van der Waals surface area contributed by atoms with Crippen molar-refractivity contribution in [1.29, 1.82) is 10.5 Å². The molecular weight excluding hydrogens is 388 g/mol. The van der Waals surface area contributed by atoms with Gasteiger partial charge >= 0.3 is 0 Å². The molecule has 0 aliphatic heterocycles. The second kappa shape index (κ2) is 11.9. The first-order chi connectivity index (χ1) is 15.7. The Morgan fingerprint density at radius 1 is 0.531 bits per heavy atom. The van der Waals surface area contributed by atoms with Crippen molar-refractivity contribution in [3.05, 3.63) is 82.9 Å². The van der Waals surface area contributed by atoms with Gasteiger partial charge in [0, 0.05) is 11.1 Å². The number of aryl methyl sites for hydroxylation is 2. The van der Waals surface area contributed by atoms with Crippen LogP contribution in [0.25, 0.3) is 22.3 Å². The molecule has 0 saturated heterocycles. The van der Waals surface area contributed by atoms with E-state index in [-0.39, 0.29) is 0 Å². The van der Waals surface area contributed by atoms with E-state index in [1.807, 2.05) is 12.1 Å². The van der Waals surface area contributed by atoms with Crippen molar-refractivity contribution >= 4 is 0 Å². The Labute approximate surface area is 193 Å². The van der Waals surface area contributed by atoms with E-state index in [4.69, 9.17) is 0 Å². The molecule has 0 heterocycles. The second-order valence-electron chi connectivity index (χ2n) is 8.44. The van der Waals surface area contributed by atoms with Crippen LogP contribution in [0.5, 0.6) is 0 Å². The molecule has 3 aromatic carbocycles. The molecule has 0 aliphatic carbocycles. The van der Waals surface area contributed by atoms with Crippen molar-refractivity contribution in [3.63, 3.8) is 0 Å². The number of nitrogens with zero attached hydrogens (tertiary/aromatic N) is 2. The summed E-state index contributed by atoms with van der Waals surface area (Å²) in [6.45, 7) is 4.42. The number of rotatable bonds is 10. The Hall–Kier alpha value is -3.36. The van der Waals surface area contributed by atoms with Crippen molar-refractivity contribution in [2.45, 2.75) is 65.2 Å². The first kappa shape index (κ1) is 23.3. The molecule has 0 N–H and O–H groups in total. The zero-order chi connectivity index (χ0) is 22.8. The van der Waals surface area contributed by atoms with E-state index in [1.165, 1.54) is 49.7 Å². The van der Waals surface area contributed by atoms with Crippen molar-refractivity contribution < 1.29 is 0 Å². The van der Waals surface area contributed by atoms with Crippen molar-refractivity contribution in [2.75, 3.05) is 0 Å². The molecule has 0 unspecified atom stereocenters. The Morgan fingerprint density at radius 3 is 1.38 bits per heavy atom. The maximum absolute atomic E-state index is 9.92. The summed E-state index contributed by atoms with van der Waals surface area (Å²) in [7, 11) is 0. The van der Waals surface area contributed by atoms with E-state index in [1.54, 1.807) is 0 Å². The summed E-state index contributed by atoms with van der Waals surface area (Å²) in [5.74, 6) is 0. The summed E-state index contributed by atoms with van der Waals surface area (Å²) in [5, 5.41) is 19.8. The van der Waals surface area contributed by atoms with Gasteiger partial charge in [-0.25, -0.2) is 0 Å². The molecule has 162 valence electrons. The fraction of sp³-hybridized carbons (Fsp3) is 0.333. The first-order valence-corrected chi connectivity index (χ1v) is 11.9. The van der Waals surface area contributed by atoms with Crippen LogP contribution in [0.4, 0.5) is 0 Å². The minimum Gasteiger partial charge on any atom is -0.192 e. The fourth-order valence-electron chi connectivity index (χ4n) is 4.15. The van der Waals surface area contributed by atoms with E-state index >= 15 is 0 Å². The van der Waals surface area contributed by atoms with E-state index in [0.29, 0.717) is 11.1 Å². The van der Waals surface area contributed by atoms with Crippen molar-refractivity contribution in [2.24, 2.45) is 0 Å². The summed E-state index contributed by atoms with van der Waals surface area (Å²) in [6.07, 6.45) is 9.51. The average molecular weight is 421 g/mol. The van der Waals surface area contributed by atoms with Gasteiger partial charge in [0.2, 0.25) is 0 Å². The molecule has 0 aliphatic rings. The lowest BCUT2D eigenvalue weighted by atomic mass is 9.89. The standard InChI is InChI=1S/C30H32N2/c1-3-5-7-8-10-24-13-17-26(18-14-24)28-20-19-27(29(21-31)30(28)22-32)25-15-11-23(12-16-25)9-6-4-2/h11-20H,3-10H2,1-2H3. The molecule has 0 radical (unpaired) electrons. The van der Waals surface area contributed by atoms with Gasteiger partial charge in [0.05, 0.1) is 11.1 Å². The SMILES string of the molecule is CCCCCCc1ccc(-c2ccc(-c3ccc(CCCC)cc3)c(C#N)c2C#N)cc1. The normalized spacial score (nSPS) is 10.5. The molecular formula is C30H32N2. The Balaban J connectivity index is 1.88. The van der Waals surface area contributed by atoms with Crippen LogP contribution in [0, 0.1) is 22.7 Å². The summed E-state index contributed by atoms with van der Waals surface area (Å²) in [4.78, 5) is 0. The second-order valence-corrected chi connectivity index (χ2v) is 8.44. The monoisotopic (exact) mass is 420 g/mol. The average Bonchev–Trinajstić information content (AvgIpc) is 2.85. The fourth-order valence-corrected chi connectivity index (χ4v) is 4.15. The number of benzene rings is 3. The summed E-state index contributed by atoms with van der Waals surface area (Å²) in [5.41, 5.74) is 7.15. The third-order valence-corrected chi connectivity index (χ3v) is 6.10.